The summed E-state index contributed by atoms with van der Waals surface area (Å²) >= 11 is 1.28. The molecule has 1 atom stereocenters. The second-order valence-electron chi connectivity index (χ2n) is 8.63. The number of carbonyl (C=O) groups is 1. The average Bonchev–Trinajstić information content (AvgIpc) is 3.18. The molecule has 0 radical (unpaired) electrons. The number of carbonyl (C=O) groups excluding carboxylic acids is 1. The quantitative estimate of drug-likeness (QED) is 0.423. The zero-order valence-corrected chi connectivity index (χ0v) is 22.7. The van der Waals surface area contributed by atoms with Crippen LogP contribution in [0.4, 0.5) is 5.69 Å². The van der Waals surface area contributed by atoms with Crippen LogP contribution in [0.1, 0.15) is 37.9 Å². The molecular formula is C28H31N3O5S. The molecule has 4 rings (SSSR count). The van der Waals surface area contributed by atoms with Gasteiger partial charge in [-0.05, 0) is 62.2 Å². The molecule has 0 saturated carbocycles. The lowest BCUT2D eigenvalue weighted by Crippen LogP contribution is -2.39. The Morgan fingerprint density at radius 1 is 1.11 bits per heavy atom. The Morgan fingerprint density at radius 2 is 1.84 bits per heavy atom. The number of nitrogens with zero attached hydrogens (tertiary/aromatic N) is 3. The van der Waals surface area contributed by atoms with Crippen LogP contribution in [0.25, 0.3) is 6.08 Å². The minimum absolute atomic E-state index is 0.228. The van der Waals surface area contributed by atoms with Crippen LogP contribution in [-0.4, -0.2) is 45.0 Å². The molecule has 3 aromatic rings. The first-order chi connectivity index (χ1) is 17.8. The van der Waals surface area contributed by atoms with E-state index in [9.17, 15) is 9.59 Å². The molecule has 1 aromatic heterocycles. The highest BCUT2D eigenvalue weighted by atomic mass is 32.1. The SMILES string of the molecule is CCOC(=O)C1=C(C)N=c2s/c(=C\c3ccc(OC)c(OCC)c3)c(=O)n2[C@@H]1c1ccc(N(C)C)cc1. The van der Waals surface area contributed by atoms with Crippen molar-refractivity contribution >= 4 is 29.1 Å². The van der Waals surface area contributed by atoms with E-state index in [-0.39, 0.29) is 12.2 Å². The van der Waals surface area contributed by atoms with E-state index in [1.807, 2.05) is 68.4 Å². The van der Waals surface area contributed by atoms with Crippen molar-refractivity contribution in [2.75, 3.05) is 39.3 Å². The average molecular weight is 522 g/mol. The minimum Gasteiger partial charge on any atom is -0.493 e. The number of aromatic nitrogens is 1. The highest BCUT2D eigenvalue weighted by Gasteiger charge is 2.33. The van der Waals surface area contributed by atoms with Crippen molar-refractivity contribution in [1.82, 2.24) is 4.57 Å². The maximum absolute atomic E-state index is 13.8. The Labute approximate surface area is 219 Å². The molecule has 37 heavy (non-hydrogen) atoms. The second kappa shape index (κ2) is 11.0. The fourth-order valence-electron chi connectivity index (χ4n) is 4.26. The van der Waals surface area contributed by atoms with Gasteiger partial charge in [-0.1, -0.05) is 29.5 Å². The number of anilines is 1. The molecule has 0 fully saturated rings. The molecule has 8 nitrogen and oxygen atoms in total. The van der Waals surface area contributed by atoms with Gasteiger partial charge in [-0.25, -0.2) is 9.79 Å². The third-order valence-corrected chi connectivity index (χ3v) is 7.01. The normalized spacial score (nSPS) is 15.2. The van der Waals surface area contributed by atoms with Crippen molar-refractivity contribution in [3.63, 3.8) is 0 Å². The van der Waals surface area contributed by atoms with Crippen LogP contribution in [-0.2, 0) is 9.53 Å². The number of fused-ring (bicyclic) bond motifs is 1. The summed E-state index contributed by atoms with van der Waals surface area (Å²) < 4.78 is 18.5. The first kappa shape index (κ1) is 26.2. The largest absolute Gasteiger partial charge is 0.493 e. The summed E-state index contributed by atoms with van der Waals surface area (Å²) in [5.41, 5.74) is 3.28. The van der Waals surface area contributed by atoms with Crippen LogP contribution in [0.5, 0.6) is 11.5 Å². The van der Waals surface area contributed by atoms with Gasteiger partial charge in [-0.3, -0.25) is 9.36 Å². The van der Waals surface area contributed by atoms with E-state index in [4.69, 9.17) is 14.2 Å². The van der Waals surface area contributed by atoms with E-state index >= 15 is 0 Å². The molecule has 0 bridgehead atoms. The van der Waals surface area contributed by atoms with Crippen LogP contribution in [0.15, 0.2) is 63.5 Å². The van der Waals surface area contributed by atoms with Gasteiger partial charge in [0.2, 0.25) is 0 Å². The Hall–Kier alpha value is -3.85. The van der Waals surface area contributed by atoms with Gasteiger partial charge in [0.25, 0.3) is 5.56 Å². The zero-order valence-electron chi connectivity index (χ0n) is 21.9. The number of thiazole rings is 1. The highest BCUT2D eigenvalue weighted by Crippen LogP contribution is 2.32. The number of esters is 1. The van der Waals surface area contributed by atoms with E-state index in [1.54, 1.807) is 31.6 Å². The zero-order chi connectivity index (χ0) is 26.7. The summed E-state index contributed by atoms with van der Waals surface area (Å²) in [6.45, 7) is 6.16. The topological polar surface area (TPSA) is 82.4 Å². The molecule has 9 heteroatoms. The first-order valence-electron chi connectivity index (χ1n) is 12.1. The van der Waals surface area contributed by atoms with E-state index < -0.39 is 12.0 Å². The number of hydrogen-bond donors (Lipinski definition) is 0. The van der Waals surface area contributed by atoms with E-state index in [1.165, 1.54) is 11.3 Å². The number of hydrogen-bond acceptors (Lipinski definition) is 8. The van der Waals surface area contributed by atoms with Crippen LogP contribution in [0, 0.1) is 0 Å². The fourth-order valence-corrected chi connectivity index (χ4v) is 5.31. The summed E-state index contributed by atoms with van der Waals surface area (Å²) in [5, 5.41) is 0. The van der Waals surface area contributed by atoms with Gasteiger partial charge < -0.3 is 19.1 Å². The summed E-state index contributed by atoms with van der Waals surface area (Å²) in [5.74, 6) is 0.749. The Balaban J connectivity index is 1.90. The minimum atomic E-state index is -0.650. The molecule has 0 aliphatic carbocycles. The molecule has 0 saturated heterocycles. The van der Waals surface area contributed by atoms with Gasteiger partial charge in [0.05, 0.1) is 42.2 Å². The Bertz CT molecular complexity index is 1520. The number of rotatable bonds is 8. The van der Waals surface area contributed by atoms with Crippen LogP contribution < -0.4 is 29.3 Å². The van der Waals surface area contributed by atoms with Crippen molar-refractivity contribution in [3.05, 3.63) is 84.5 Å². The second-order valence-corrected chi connectivity index (χ2v) is 9.64. The predicted molar refractivity (Wildman–Crippen MR) is 145 cm³/mol. The van der Waals surface area contributed by atoms with Crippen LogP contribution in [0.3, 0.4) is 0 Å². The third-order valence-electron chi connectivity index (χ3n) is 6.03. The molecule has 0 unspecified atom stereocenters. The van der Waals surface area contributed by atoms with Crippen molar-refractivity contribution in [1.29, 1.82) is 0 Å². The van der Waals surface area contributed by atoms with Crippen molar-refractivity contribution in [3.8, 4) is 11.5 Å². The molecule has 0 spiro atoms. The monoisotopic (exact) mass is 521 g/mol. The standard InChI is InChI=1S/C28H31N3O5S/c1-7-35-22-15-18(9-14-21(22)34-6)16-23-26(32)31-25(19-10-12-20(13-11-19)30(4)5)24(27(33)36-8-2)17(3)29-28(31)37-23/h9-16,25H,7-8H2,1-6H3/b23-16-/t25-/m1/s1. The van der Waals surface area contributed by atoms with Crippen LogP contribution >= 0.6 is 11.3 Å². The van der Waals surface area contributed by atoms with Crippen molar-refractivity contribution in [2.24, 2.45) is 4.99 Å². The smallest absolute Gasteiger partial charge is 0.338 e. The molecule has 1 aliphatic heterocycles. The lowest BCUT2D eigenvalue weighted by molar-refractivity contribution is -0.139. The molecular weight excluding hydrogens is 490 g/mol. The van der Waals surface area contributed by atoms with E-state index in [2.05, 4.69) is 4.99 Å². The summed E-state index contributed by atoms with van der Waals surface area (Å²) in [4.78, 5) is 34.0. The van der Waals surface area contributed by atoms with Gasteiger partial charge in [-0.2, -0.15) is 0 Å². The highest BCUT2D eigenvalue weighted by molar-refractivity contribution is 7.07. The molecule has 0 N–H and O–H groups in total. The lowest BCUT2D eigenvalue weighted by Gasteiger charge is -2.25. The maximum atomic E-state index is 13.8. The molecule has 1 aliphatic rings. The third kappa shape index (κ3) is 5.17. The number of benzene rings is 2. The van der Waals surface area contributed by atoms with Gasteiger partial charge in [0.1, 0.15) is 0 Å². The van der Waals surface area contributed by atoms with Gasteiger partial charge >= 0.3 is 5.97 Å². The Morgan fingerprint density at radius 3 is 2.46 bits per heavy atom. The van der Waals surface area contributed by atoms with E-state index in [0.717, 1.165) is 16.8 Å². The Kier molecular flexibility index (Phi) is 7.83. The number of allylic oxidation sites excluding steroid dienone is 1. The maximum Gasteiger partial charge on any atom is 0.338 e. The predicted octanol–water partition coefficient (Wildman–Crippen LogP) is 3.27. The molecule has 0 amide bonds. The number of methoxy groups -OCH3 is 1. The summed E-state index contributed by atoms with van der Waals surface area (Å²) in [6.07, 6.45) is 1.81. The van der Waals surface area contributed by atoms with E-state index in [0.29, 0.717) is 38.7 Å². The number of ether oxygens (including phenoxy) is 3. The van der Waals surface area contributed by atoms with Crippen molar-refractivity contribution < 1.29 is 19.0 Å². The van der Waals surface area contributed by atoms with Gasteiger partial charge in [-0.15, -0.1) is 0 Å². The van der Waals surface area contributed by atoms with Gasteiger partial charge in [0.15, 0.2) is 16.3 Å². The van der Waals surface area contributed by atoms with Crippen LogP contribution in [0.2, 0.25) is 0 Å². The lowest BCUT2D eigenvalue weighted by atomic mass is 9.95. The fraction of sp³-hybridized carbons (Fsp3) is 0.321. The molecule has 2 heterocycles. The molecule has 194 valence electrons. The first-order valence-corrected chi connectivity index (χ1v) is 12.9. The molecule has 2 aromatic carbocycles. The van der Waals surface area contributed by atoms with Crippen molar-refractivity contribution in [2.45, 2.75) is 26.8 Å². The summed E-state index contributed by atoms with van der Waals surface area (Å²) in [6, 6.07) is 12.7. The summed E-state index contributed by atoms with van der Waals surface area (Å²) in [7, 11) is 5.51. The van der Waals surface area contributed by atoms with Gasteiger partial charge in [0, 0.05) is 19.8 Å².